The summed E-state index contributed by atoms with van der Waals surface area (Å²) in [6, 6.07) is 13.4. The topological polar surface area (TPSA) is 70.0 Å². The molecule has 2 aromatic rings. The van der Waals surface area contributed by atoms with Crippen LogP contribution in [0.5, 0.6) is 0 Å². The number of hydrogen-bond acceptors (Lipinski definition) is 3. The van der Waals surface area contributed by atoms with Crippen LogP contribution >= 0.6 is 0 Å². The monoisotopic (exact) mass is 354 g/mol. The highest BCUT2D eigenvalue weighted by atomic mass is 19.1. The zero-order valence-electron chi connectivity index (χ0n) is 14.4. The number of carbonyl (C=O) groups excluding carboxylic acids is 1. The van der Waals surface area contributed by atoms with E-state index in [-0.39, 0.29) is 12.8 Å². The van der Waals surface area contributed by atoms with Gasteiger partial charge in [-0.1, -0.05) is 48.0 Å². The van der Waals surface area contributed by atoms with Crippen LogP contribution in [0.1, 0.15) is 42.0 Å². The van der Waals surface area contributed by atoms with Gasteiger partial charge in [0.25, 0.3) is 0 Å². The Morgan fingerprint density at radius 1 is 1.15 bits per heavy atom. The molecule has 3 rings (SSSR count). The molecule has 26 heavy (non-hydrogen) atoms. The standard InChI is InChI=1S/C20H19FN2O3/c1-13-6-8-14(9-7-13)17-12-18(15-4-2-3-5-16(15)21)23(22-17)19(24)10-11-20(25)26/h2-9,18H,10-12H2,1H3,(H,25,26). The molecule has 0 bridgehead atoms. The smallest absolute Gasteiger partial charge is 0.303 e. The highest BCUT2D eigenvalue weighted by Gasteiger charge is 2.34. The molecule has 5 nitrogen and oxygen atoms in total. The molecular formula is C20H19FN2O3. The highest BCUT2D eigenvalue weighted by Crippen LogP contribution is 2.34. The fourth-order valence-electron chi connectivity index (χ4n) is 2.98. The van der Waals surface area contributed by atoms with E-state index in [1.807, 2.05) is 31.2 Å². The van der Waals surface area contributed by atoms with E-state index in [0.717, 1.165) is 11.1 Å². The van der Waals surface area contributed by atoms with E-state index in [1.54, 1.807) is 18.2 Å². The first-order valence-electron chi connectivity index (χ1n) is 8.38. The maximum absolute atomic E-state index is 14.3. The summed E-state index contributed by atoms with van der Waals surface area (Å²) in [6.07, 6.45) is -0.0809. The summed E-state index contributed by atoms with van der Waals surface area (Å²) in [5, 5.41) is 14.5. The molecule has 1 amide bonds. The average molecular weight is 354 g/mol. The molecule has 1 aliphatic heterocycles. The Kier molecular flexibility index (Phi) is 5.11. The third kappa shape index (κ3) is 3.79. The van der Waals surface area contributed by atoms with Crippen LogP contribution in [-0.4, -0.2) is 27.7 Å². The van der Waals surface area contributed by atoms with Crippen molar-refractivity contribution < 1.29 is 19.1 Å². The third-order valence-electron chi connectivity index (χ3n) is 4.37. The highest BCUT2D eigenvalue weighted by molar-refractivity contribution is 6.03. The minimum atomic E-state index is -1.05. The van der Waals surface area contributed by atoms with Gasteiger partial charge in [-0.05, 0) is 18.6 Å². The molecule has 0 radical (unpaired) electrons. The number of aryl methyl sites for hydroxylation is 1. The maximum Gasteiger partial charge on any atom is 0.303 e. The summed E-state index contributed by atoms with van der Waals surface area (Å²) in [7, 11) is 0. The van der Waals surface area contributed by atoms with E-state index in [2.05, 4.69) is 5.10 Å². The van der Waals surface area contributed by atoms with Crippen LogP contribution in [0.2, 0.25) is 0 Å². The van der Waals surface area contributed by atoms with E-state index in [9.17, 15) is 14.0 Å². The number of rotatable bonds is 5. The van der Waals surface area contributed by atoms with Crippen LogP contribution in [0.3, 0.4) is 0 Å². The number of benzene rings is 2. The average Bonchev–Trinajstić information content (AvgIpc) is 3.06. The molecule has 134 valence electrons. The fraction of sp³-hybridized carbons (Fsp3) is 0.250. The molecule has 0 aromatic heterocycles. The van der Waals surface area contributed by atoms with E-state index in [0.29, 0.717) is 17.7 Å². The summed E-state index contributed by atoms with van der Waals surface area (Å²) < 4.78 is 14.3. The van der Waals surface area contributed by atoms with Gasteiger partial charge in [-0.3, -0.25) is 9.59 Å². The van der Waals surface area contributed by atoms with Crippen molar-refractivity contribution in [3.05, 3.63) is 71.0 Å². The Balaban J connectivity index is 1.93. The SMILES string of the molecule is Cc1ccc(C2=NN(C(=O)CCC(=O)O)C(c3ccccc3F)C2)cc1. The largest absolute Gasteiger partial charge is 0.481 e. The molecule has 6 heteroatoms. The van der Waals surface area contributed by atoms with E-state index < -0.39 is 23.7 Å². The zero-order chi connectivity index (χ0) is 18.7. The van der Waals surface area contributed by atoms with E-state index in [4.69, 9.17) is 5.11 Å². The predicted octanol–water partition coefficient (Wildman–Crippen LogP) is 3.68. The van der Waals surface area contributed by atoms with Crippen LogP contribution < -0.4 is 0 Å². The van der Waals surface area contributed by atoms with Gasteiger partial charge in [-0.25, -0.2) is 9.40 Å². The minimum Gasteiger partial charge on any atom is -0.481 e. The normalized spacial score (nSPS) is 16.5. The second-order valence-electron chi connectivity index (χ2n) is 6.29. The third-order valence-corrected chi connectivity index (χ3v) is 4.37. The van der Waals surface area contributed by atoms with Crippen molar-refractivity contribution in [2.24, 2.45) is 5.10 Å². The molecule has 0 aliphatic carbocycles. The predicted molar refractivity (Wildman–Crippen MR) is 95.2 cm³/mol. The quantitative estimate of drug-likeness (QED) is 0.890. The first-order chi connectivity index (χ1) is 12.5. The zero-order valence-corrected chi connectivity index (χ0v) is 14.4. The molecule has 1 atom stereocenters. The van der Waals surface area contributed by atoms with Crippen LogP contribution in [0.25, 0.3) is 0 Å². The van der Waals surface area contributed by atoms with Gasteiger partial charge in [0.1, 0.15) is 5.82 Å². The number of carboxylic acid groups (broad SMARTS) is 1. The van der Waals surface area contributed by atoms with Crippen molar-refractivity contribution in [1.82, 2.24) is 5.01 Å². The number of nitrogens with zero attached hydrogens (tertiary/aromatic N) is 2. The van der Waals surface area contributed by atoms with Gasteiger partial charge in [0.05, 0.1) is 18.2 Å². The van der Waals surface area contributed by atoms with Gasteiger partial charge in [-0.15, -0.1) is 0 Å². The molecule has 1 N–H and O–H groups in total. The Morgan fingerprint density at radius 2 is 1.85 bits per heavy atom. The van der Waals surface area contributed by atoms with Gasteiger partial charge in [0.2, 0.25) is 5.91 Å². The lowest BCUT2D eigenvalue weighted by Gasteiger charge is -2.22. The Hall–Kier alpha value is -3.02. The van der Waals surface area contributed by atoms with Crippen molar-refractivity contribution in [2.75, 3.05) is 0 Å². The maximum atomic E-state index is 14.3. The lowest BCUT2D eigenvalue weighted by Crippen LogP contribution is -2.28. The summed E-state index contributed by atoms with van der Waals surface area (Å²) in [4.78, 5) is 23.3. The Labute approximate surface area is 150 Å². The van der Waals surface area contributed by atoms with Crippen molar-refractivity contribution in [3.63, 3.8) is 0 Å². The van der Waals surface area contributed by atoms with Gasteiger partial charge in [0, 0.05) is 18.4 Å². The summed E-state index contributed by atoms with van der Waals surface area (Å²) >= 11 is 0. The second kappa shape index (κ2) is 7.47. The summed E-state index contributed by atoms with van der Waals surface area (Å²) in [5.41, 5.74) is 3.03. The first kappa shape index (κ1) is 17.8. The van der Waals surface area contributed by atoms with Crippen molar-refractivity contribution in [1.29, 1.82) is 0 Å². The van der Waals surface area contributed by atoms with Crippen LogP contribution in [-0.2, 0) is 9.59 Å². The summed E-state index contributed by atoms with van der Waals surface area (Å²) in [6.45, 7) is 1.98. The lowest BCUT2D eigenvalue weighted by molar-refractivity contribution is -0.141. The van der Waals surface area contributed by atoms with Gasteiger partial charge in [-0.2, -0.15) is 5.10 Å². The molecule has 0 saturated carbocycles. The molecule has 0 saturated heterocycles. The molecule has 0 fully saturated rings. The summed E-state index contributed by atoms with van der Waals surface area (Å²) in [5.74, 6) is -1.89. The van der Waals surface area contributed by atoms with Crippen LogP contribution in [0.15, 0.2) is 53.6 Å². The fourth-order valence-corrected chi connectivity index (χ4v) is 2.98. The molecule has 1 heterocycles. The van der Waals surface area contributed by atoms with Crippen LogP contribution in [0.4, 0.5) is 4.39 Å². The van der Waals surface area contributed by atoms with E-state index >= 15 is 0 Å². The molecule has 0 spiro atoms. The van der Waals surface area contributed by atoms with Crippen molar-refractivity contribution in [2.45, 2.75) is 32.2 Å². The van der Waals surface area contributed by atoms with Crippen LogP contribution in [0, 0.1) is 12.7 Å². The van der Waals surface area contributed by atoms with Crippen molar-refractivity contribution >= 4 is 17.6 Å². The number of aliphatic carboxylic acids is 1. The number of amides is 1. The molecular weight excluding hydrogens is 335 g/mol. The molecule has 2 aromatic carbocycles. The lowest BCUT2D eigenvalue weighted by atomic mass is 9.97. The first-order valence-corrected chi connectivity index (χ1v) is 8.38. The number of carbonyl (C=O) groups is 2. The number of hydrazone groups is 1. The number of hydrogen-bond donors (Lipinski definition) is 1. The Bertz CT molecular complexity index is 862. The second-order valence-corrected chi connectivity index (χ2v) is 6.29. The van der Waals surface area contributed by atoms with Crippen molar-refractivity contribution in [3.8, 4) is 0 Å². The van der Waals surface area contributed by atoms with Gasteiger partial charge >= 0.3 is 5.97 Å². The van der Waals surface area contributed by atoms with Gasteiger partial charge < -0.3 is 5.11 Å². The minimum absolute atomic E-state index is 0.176. The van der Waals surface area contributed by atoms with E-state index in [1.165, 1.54) is 11.1 Å². The number of carboxylic acids is 1. The molecule has 1 aliphatic rings. The molecule has 1 unspecified atom stereocenters. The Morgan fingerprint density at radius 3 is 2.50 bits per heavy atom. The van der Waals surface area contributed by atoms with Gasteiger partial charge in [0.15, 0.2) is 0 Å². The number of halogens is 1.